The number of benzene rings is 1. The Hall–Kier alpha value is -2.04. The first-order valence-electron chi connectivity index (χ1n) is 3.82. The number of ether oxygens (including phenoxy) is 1. The predicted octanol–water partition coefficient (Wildman–Crippen LogP) is 0.892. The zero-order valence-corrected chi connectivity index (χ0v) is 7.48. The molecule has 0 amide bonds. The van der Waals surface area contributed by atoms with E-state index in [2.05, 4.69) is 0 Å². The van der Waals surface area contributed by atoms with Crippen molar-refractivity contribution in [2.45, 2.75) is 6.92 Å². The van der Waals surface area contributed by atoms with Gasteiger partial charge in [0, 0.05) is 6.92 Å². The van der Waals surface area contributed by atoms with Gasteiger partial charge in [0.15, 0.2) is 5.75 Å². The highest BCUT2D eigenvalue weighted by Crippen LogP contribution is 2.22. The Bertz CT molecular complexity index is 386. The standard InChI is InChI=1S/C9H9NO4/c1-5(11)14-8-3-2-6(9(12)13)4-7(8)10/h2-4H,10H2,1H3,(H,12,13). The molecule has 0 radical (unpaired) electrons. The fourth-order valence-corrected chi connectivity index (χ4v) is 0.929. The SMILES string of the molecule is CC(=O)Oc1ccc(C(=O)O)cc1N. The van der Waals surface area contributed by atoms with E-state index in [0.29, 0.717) is 0 Å². The molecule has 5 heteroatoms. The van der Waals surface area contributed by atoms with E-state index in [1.165, 1.54) is 25.1 Å². The van der Waals surface area contributed by atoms with Crippen LogP contribution in [0.1, 0.15) is 17.3 Å². The van der Waals surface area contributed by atoms with Gasteiger partial charge in [-0.1, -0.05) is 0 Å². The van der Waals surface area contributed by atoms with Gasteiger partial charge in [-0.3, -0.25) is 4.79 Å². The minimum absolute atomic E-state index is 0.0541. The normalized spacial score (nSPS) is 9.50. The van der Waals surface area contributed by atoms with Crippen molar-refractivity contribution >= 4 is 17.6 Å². The molecule has 0 spiro atoms. The number of hydrogen-bond acceptors (Lipinski definition) is 4. The van der Waals surface area contributed by atoms with Crippen molar-refractivity contribution in [2.24, 2.45) is 0 Å². The van der Waals surface area contributed by atoms with Gasteiger partial charge >= 0.3 is 11.9 Å². The van der Waals surface area contributed by atoms with Gasteiger partial charge < -0.3 is 15.6 Å². The van der Waals surface area contributed by atoms with Crippen LogP contribution in [0.3, 0.4) is 0 Å². The van der Waals surface area contributed by atoms with Gasteiger partial charge in [0.1, 0.15) is 0 Å². The van der Waals surface area contributed by atoms with Crippen molar-refractivity contribution < 1.29 is 19.4 Å². The predicted molar refractivity (Wildman–Crippen MR) is 49.1 cm³/mol. The molecule has 0 aliphatic heterocycles. The third-order valence-corrected chi connectivity index (χ3v) is 1.51. The topological polar surface area (TPSA) is 89.6 Å². The van der Waals surface area contributed by atoms with Crippen LogP contribution in [0.5, 0.6) is 5.75 Å². The van der Waals surface area contributed by atoms with Crippen molar-refractivity contribution in [1.82, 2.24) is 0 Å². The van der Waals surface area contributed by atoms with E-state index in [9.17, 15) is 9.59 Å². The summed E-state index contributed by atoms with van der Waals surface area (Å²) in [5.41, 5.74) is 5.65. The maximum atomic E-state index is 10.6. The van der Waals surface area contributed by atoms with Crippen LogP contribution in [0.15, 0.2) is 18.2 Å². The van der Waals surface area contributed by atoms with Crippen molar-refractivity contribution in [1.29, 1.82) is 0 Å². The smallest absolute Gasteiger partial charge is 0.335 e. The summed E-state index contributed by atoms with van der Waals surface area (Å²) in [4.78, 5) is 21.1. The number of anilines is 1. The van der Waals surface area contributed by atoms with Gasteiger partial charge in [0.2, 0.25) is 0 Å². The number of nitrogens with two attached hydrogens (primary N) is 1. The monoisotopic (exact) mass is 195 g/mol. The highest BCUT2D eigenvalue weighted by atomic mass is 16.5. The Balaban J connectivity index is 3.01. The fourth-order valence-electron chi connectivity index (χ4n) is 0.929. The van der Waals surface area contributed by atoms with Crippen LogP contribution in [0, 0.1) is 0 Å². The molecule has 0 atom stereocenters. The first-order chi connectivity index (χ1) is 6.50. The molecule has 1 aromatic carbocycles. The molecule has 0 unspecified atom stereocenters. The van der Waals surface area contributed by atoms with Gasteiger partial charge in [-0.2, -0.15) is 0 Å². The van der Waals surface area contributed by atoms with Crippen molar-refractivity contribution in [3.05, 3.63) is 23.8 Å². The van der Waals surface area contributed by atoms with Crippen LogP contribution in [0.2, 0.25) is 0 Å². The largest absolute Gasteiger partial charge is 0.478 e. The Morgan fingerprint density at radius 2 is 2.07 bits per heavy atom. The van der Waals surface area contributed by atoms with Crippen LogP contribution in [-0.2, 0) is 4.79 Å². The van der Waals surface area contributed by atoms with Crippen LogP contribution < -0.4 is 10.5 Å². The highest BCUT2D eigenvalue weighted by Gasteiger charge is 2.08. The molecule has 0 bridgehead atoms. The zero-order valence-electron chi connectivity index (χ0n) is 7.48. The lowest BCUT2D eigenvalue weighted by atomic mass is 10.2. The maximum absolute atomic E-state index is 10.6. The molecule has 0 saturated carbocycles. The number of carbonyl (C=O) groups excluding carboxylic acids is 1. The van der Waals surface area contributed by atoms with E-state index < -0.39 is 11.9 Å². The van der Waals surface area contributed by atoms with Crippen LogP contribution in [-0.4, -0.2) is 17.0 Å². The summed E-state index contributed by atoms with van der Waals surface area (Å²) < 4.78 is 4.72. The number of aromatic carboxylic acids is 1. The van der Waals surface area contributed by atoms with E-state index in [1.807, 2.05) is 0 Å². The van der Waals surface area contributed by atoms with E-state index in [-0.39, 0.29) is 17.0 Å². The van der Waals surface area contributed by atoms with E-state index in [4.69, 9.17) is 15.6 Å². The summed E-state index contributed by atoms with van der Waals surface area (Å²) in [6.07, 6.45) is 0. The lowest BCUT2D eigenvalue weighted by molar-refractivity contribution is -0.131. The Labute approximate surface area is 80.1 Å². The second-order valence-corrected chi connectivity index (χ2v) is 2.65. The van der Waals surface area contributed by atoms with Crippen LogP contribution in [0.25, 0.3) is 0 Å². The molecule has 3 N–H and O–H groups in total. The molecule has 14 heavy (non-hydrogen) atoms. The van der Waals surface area contributed by atoms with E-state index in [0.717, 1.165) is 0 Å². The second-order valence-electron chi connectivity index (χ2n) is 2.65. The van der Waals surface area contributed by atoms with Crippen LogP contribution in [0.4, 0.5) is 5.69 Å². The molecule has 1 rings (SSSR count). The Morgan fingerprint density at radius 3 is 2.50 bits per heavy atom. The summed E-state index contributed by atoms with van der Waals surface area (Å²) >= 11 is 0. The van der Waals surface area contributed by atoms with Gasteiger partial charge in [0.05, 0.1) is 11.3 Å². The molecular formula is C9H9NO4. The number of carboxylic acids is 1. The average molecular weight is 195 g/mol. The summed E-state index contributed by atoms with van der Waals surface area (Å²) in [5, 5.41) is 8.62. The molecule has 74 valence electrons. The number of carboxylic acid groups (broad SMARTS) is 1. The van der Waals surface area contributed by atoms with E-state index in [1.54, 1.807) is 0 Å². The number of esters is 1. The maximum Gasteiger partial charge on any atom is 0.335 e. The highest BCUT2D eigenvalue weighted by molar-refractivity contribution is 5.89. The van der Waals surface area contributed by atoms with Crippen molar-refractivity contribution in [3.63, 3.8) is 0 Å². The Kier molecular flexibility index (Phi) is 2.71. The summed E-state index contributed by atoms with van der Waals surface area (Å²) in [5.74, 6) is -1.41. The molecule has 5 nitrogen and oxygen atoms in total. The van der Waals surface area contributed by atoms with Crippen LogP contribution >= 0.6 is 0 Å². The molecule has 0 fully saturated rings. The van der Waals surface area contributed by atoms with Gasteiger partial charge in [-0.15, -0.1) is 0 Å². The first-order valence-corrected chi connectivity index (χ1v) is 3.82. The lowest BCUT2D eigenvalue weighted by Gasteiger charge is -2.05. The summed E-state index contributed by atoms with van der Waals surface area (Å²) in [6.45, 7) is 1.24. The first kappa shape index (κ1) is 10.0. The molecule has 1 aromatic rings. The number of hydrogen-bond donors (Lipinski definition) is 2. The molecule has 0 aromatic heterocycles. The molecular weight excluding hydrogens is 186 g/mol. The molecule has 0 heterocycles. The summed E-state index contributed by atoms with van der Waals surface area (Å²) in [7, 11) is 0. The van der Waals surface area contributed by atoms with Gasteiger partial charge in [0.25, 0.3) is 0 Å². The minimum atomic E-state index is -1.08. The second kappa shape index (κ2) is 3.78. The number of rotatable bonds is 2. The fraction of sp³-hybridized carbons (Fsp3) is 0.111. The zero-order chi connectivity index (χ0) is 10.7. The Morgan fingerprint density at radius 1 is 1.43 bits per heavy atom. The number of nitrogen functional groups attached to an aromatic ring is 1. The molecule has 0 aliphatic rings. The minimum Gasteiger partial charge on any atom is -0.478 e. The van der Waals surface area contributed by atoms with Crippen molar-refractivity contribution in [2.75, 3.05) is 5.73 Å². The van der Waals surface area contributed by atoms with Gasteiger partial charge in [-0.05, 0) is 18.2 Å². The van der Waals surface area contributed by atoms with E-state index >= 15 is 0 Å². The molecule has 0 saturated heterocycles. The third kappa shape index (κ3) is 2.22. The number of carbonyl (C=O) groups is 2. The van der Waals surface area contributed by atoms with Gasteiger partial charge in [-0.25, -0.2) is 4.79 Å². The van der Waals surface area contributed by atoms with Crippen molar-refractivity contribution in [3.8, 4) is 5.75 Å². The molecule has 0 aliphatic carbocycles. The summed E-state index contributed by atoms with van der Waals surface area (Å²) in [6, 6.07) is 3.90. The lowest BCUT2D eigenvalue weighted by Crippen LogP contribution is -2.05. The third-order valence-electron chi connectivity index (χ3n) is 1.51. The average Bonchev–Trinajstić information content (AvgIpc) is 2.07. The quantitative estimate of drug-likeness (QED) is 0.415.